The van der Waals surface area contributed by atoms with E-state index >= 15 is 0 Å². The third-order valence-corrected chi connectivity index (χ3v) is 3.88. The minimum Gasteiger partial charge on any atom is -0.502 e. The molecule has 0 bridgehead atoms. The first-order valence-electron chi connectivity index (χ1n) is 4.95. The predicted molar refractivity (Wildman–Crippen MR) is 72.7 cm³/mol. The van der Waals surface area contributed by atoms with Crippen LogP contribution in [0.5, 0.6) is 5.75 Å². The molecule has 1 heterocycles. The fourth-order valence-electron chi connectivity index (χ4n) is 1.26. The number of aromatic hydroxyl groups is 1. The molecule has 6 heteroatoms. The number of hydrogen-bond acceptors (Lipinski definition) is 4. The van der Waals surface area contributed by atoms with Crippen LogP contribution in [0.15, 0.2) is 44.6 Å². The van der Waals surface area contributed by atoms with Crippen molar-refractivity contribution < 1.29 is 9.52 Å². The average Bonchev–Trinajstić information content (AvgIpc) is 2.34. The van der Waals surface area contributed by atoms with E-state index in [-0.39, 0.29) is 0 Å². The Labute approximate surface area is 117 Å². The summed E-state index contributed by atoms with van der Waals surface area (Å²) in [7, 11) is 0. The quantitative estimate of drug-likeness (QED) is 0.872. The fraction of sp³-hybridized carbons (Fsp3) is 0.0833. The monoisotopic (exact) mass is 302 g/mol. The molecule has 2 aromatic rings. The van der Waals surface area contributed by atoms with Gasteiger partial charge in [-0.05, 0) is 18.2 Å². The molecule has 0 amide bonds. The van der Waals surface area contributed by atoms with E-state index in [9.17, 15) is 4.79 Å². The fourth-order valence-corrected chi connectivity index (χ4v) is 2.64. The van der Waals surface area contributed by atoms with Crippen LogP contribution in [0.2, 0.25) is 10.0 Å². The maximum absolute atomic E-state index is 11.2. The van der Waals surface area contributed by atoms with E-state index in [1.165, 1.54) is 17.8 Å². The Balaban J connectivity index is 2.13. The van der Waals surface area contributed by atoms with E-state index in [1.807, 2.05) is 0 Å². The van der Waals surface area contributed by atoms with Crippen molar-refractivity contribution in [2.75, 3.05) is 0 Å². The number of halogens is 2. The summed E-state index contributed by atoms with van der Waals surface area (Å²) in [5.74, 6) is 0.485. The van der Waals surface area contributed by atoms with Crippen molar-refractivity contribution in [3.05, 3.63) is 56.6 Å². The summed E-state index contributed by atoms with van der Waals surface area (Å²) in [5, 5.41) is 10.2. The van der Waals surface area contributed by atoms with Crippen molar-refractivity contribution in [2.24, 2.45) is 0 Å². The van der Waals surface area contributed by atoms with Crippen molar-refractivity contribution in [3.63, 3.8) is 0 Å². The Morgan fingerprint density at radius 3 is 2.78 bits per heavy atom. The van der Waals surface area contributed by atoms with Crippen LogP contribution in [0.4, 0.5) is 0 Å². The first-order valence-corrected chi connectivity index (χ1v) is 6.69. The summed E-state index contributed by atoms with van der Waals surface area (Å²) in [6.07, 6.45) is 1.03. The van der Waals surface area contributed by atoms with Crippen molar-refractivity contribution in [1.82, 2.24) is 0 Å². The molecule has 94 valence electrons. The summed E-state index contributed by atoms with van der Waals surface area (Å²) >= 11 is 13.3. The predicted octanol–water partition coefficient (Wildman–Crippen LogP) is 3.94. The lowest BCUT2D eigenvalue weighted by Crippen LogP contribution is -1.99. The maximum Gasteiger partial charge on any atom is 0.226 e. The molecule has 0 aliphatic rings. The van der Waals surface area contributed by atoms with Gasteiger partial charge in [-0.2, -0.15) is 0 Å². The van der Waals surface area contributed by atoms with E-state index in [4.69, 9.17) is 32.7 Å². The Kier molecular flexibility index (Phi) is 4.22. The number of benzene rings is 1. The topological polar surface area (TPSA) is 50.4 Å². The summed E-state index contributed by atoms with van der Waals surface area (Å²) < 4.78 is 5.08. The summed E-state index contributed by atoms with van der Waals surface area (Å²) in [6, 6.07) is 6.40. The normalized spacial score (nSPS) is 10.6. The Hall–Kier alpha value is -1.10. The van der Waals surface area contributed by atoms with Crippen LogP contribution in [-0.2, 0) is 5.75 Å². The molecule has 1 aromatic carbocycles. The lowest BCUT2D eigenvalue weighted by atomic mass is 10.4. The molecule has 0 fully saturated rings. The summed E-state index contributed by atoms with van der Waals surface area (Å²) in [5.41, 5.74) is -0.464. The molecule has 0 unspecified atom stereocenters. The van der Waals surface area contributed by atoms with Gasteiger partial charge in [0.25, 0.3) is 0 Å². The average molecular weight is 303 g/mol. The molecule has 0 radical (unpaired) electrons. The number of hydrogen-bond donors (Lipinski definition) is 1. The zero-order valence-corrected chi connectivity index (χ0v) is 11.4. The van der Waals surface area contributed by atoms with Crippen LogP contribution >= 0.6 is 35.0 Å². The molecule has 18 heavy (non-hydrogen) atoms. The van der Waals surface area contributed by atoms with E-state index in [1.54, 1.807) is 18.2 Å². The highest BCUT2D eigenvalue weighted by atomic mass is 35.5. The summed E-state index contributed by atoms with van der Waals surface area (Å²) in [6.45, 7) is 0. The number of rotatable bonds is 3. The SMILES string of the molecule is O=c1cc(CSc2cc(Cl)ccc2Cl)occ1O. The van der Waals surface area contributed by atoms with Gasteiger partial charge in [0.05, 0.1) is 10.8 Å². The van der Waals surface area contributed by atoms with Crippen LogP contribution in [0, 0.1) is 0 Å². The molecule has 0 spiro atoms. The van der Waals surface area contributed by atoms with Gasteiger partial charge in [0.1, 0.15) is 12.0 Å². The highest BCUT2D eigenvalue weighted by molar-refractivity contribution is 7.98. The van der Waals surface area contributed by atoms with Gasteiger partial charge >= 0.3 is 0 Å². The van der Waals surface area contributed by atoms with Crippen molar-refractivity contribution in [2.45, 2.75) is 10.6 Å². The standard InChI is InChI=1S/C12H8Cl2O3S/c13-7-1-2-9(14)12(3-7)18-6-8-4-10(15)11(16)5-17-8/h1-5,16H,6H2. The van der Waals surface area contributed by atoms with E-state index in [0.29, 0.717) is 21.6 Å². The molecule has 0 saturated heterocycles. The molecule has 0 atom stereocenters. The van der Waals surface area contributed by atoms with Crippen LogP contribution in [-0.4, -0.2) is 5.11 Å². The zero-order chi connectivity index (χ0) is 13.1. The van der Waals surface area contributed by atoms with Gasteiger partial charge in [-0.15, -0.1) is 11.8 Å². The third kappa shape index (κ3) is 3.22. The van der Waals surface area contributed by atoms with Crippen LogP contribution in [0.1, 0.15) is 5.76 Å². The van der Waals surface area contributed by atoms with Gasteiger partial charge in [-0.1, -0.05) is 23.2 Å². The maximum atomic E-state index is 11.2. The van der Waals surface area contributed by atoms with E-state index in [0.717, 1.165) is 11.2 Å². The van der Waals surface area contributed by atoms with Crippen LogP contribution in [0.25, 0.3) is 0 Å². The first kappa shape index (κ1) is 13.3. The Morgan fingerprint density at radius 2 is 2.06 bits per heavy atom. The second-order valence-electron chi connectivity index (χ2n) is 3.46. The van der Waals surface area contributed by atoms with Crippen LogP contribution < -0.4 is 5.43 Å². The molecule has 1 aromatic heterocycles. The third-order valence-electron chi connectivity index (χ3n) is 2.13. The van der Waals surface area contributed by atoms with Crippen molar-refractivity contribution in [1.29, 1.82) is 0 Å². The van der Waals surface area contributed by atoms with Crippen LogP contribution in [0.3, 0.4) is 0 Å². The number of thioether (sulfide) groups is 1. The lowest BCUT2D eigenvalue weighted by molar-refractivity contribution is 0.419. The van der Waals surface area contributed by atoms with E-state index in [2.05, 4.69) is 0 Å². The zero-order valence-electron chi connectivity index (χ0n) is 9.02. The van der Waals surface area contributed by atoms with Crippen molar-refractivity contribution in [3.8, 4) is 5.75 Å². The molecule has 0 aliphatic carbocycles. The van der Waals surface area contributed by atoms with Gasteiger partial charge in [0.2, 0.25) is 5.43 Å². The smallest absolute Gasteiger partial charge is 0.226 e. The van der Waals surface area contributed by atoms with Gasteiger partial charge in [0, 0.05) is 16.0 Å². The molecule has 0 aliphatic heterocycles. The van der Waals surface area contributed by atoms with Gasteiger partial charge < -0.3 is 9.52 Å². The van der Waals surface area contributed by atoms with Gasteiger partial charge in [-0.3, -0.25) is 4.79 Å². The second kappa shape index (κ2) is 5.69. The highest BCUT2D eigenvalue weighted by Gasteiger charge is 2.06. The molecule has 2 rings (SSSR count). The van der Waals surface area contributed by atoms with E-state index < -0.39 is 11.2 Å². The first-order chi connectivity index (χ1) is 8.56. The second-order valence-corrected chi connectivity index (χ2v) is 5.32. The van der Waals surface area contributed by atoms with Crippen molar-refractivity contribution >= 4 is 35.0 Å². The Morgan fingerprint density at radius 1 is 1.28 bits per heavy atom. The molecular formula is C12H8Cl2O3S. The minimum atomic E-state index is -0.464. The van der Waals surface area contributed by atoms with Gasteiger partial charge in [-0.25, -0.2) is 0 Å². The largest absolute Gasteiger partial charge is 0.502 e. The minimum absolute atomic E-state index is 0.399. The summed E-state index contributed by atoms with van der Waals surface area (Å²) in [4.78, 5) is 12.0. The highest BCUT2D eigenvalue weighted by Crippen LogP contribution is 2.31. The molecule has 0 saturated carbocycles. The molecule has 3 nitrogen and oxygen atoms in total. The molecular weight excluding hydrogens is 295 g/mol. The Bertz CT molecular complexity index is 625. The lowest BCUT2D eigenvalue weighted by Gasteiger charge is -2.04. The molecule has 1 N–H and O–H groups in total. The van der Waals surface area contributed by atoms with Gasteiger partial charge in [0.15, 0.2) is 5.75 Å².